The quantitative estimate of drug-likeness (QED) is 0.721. The highest BCUT2D eigenvalue weighted by molar-refractivity contribution is 7.89. The maximum atomic E-state index is 12.2. The number of alkyl halides is 1. The second-order valence-corrected chi connectivity index (χ2v) is 7.38. The van der Waals surface area contributed by atoms with E-state index < -0.39 is 15.6 Å². The summed E-state index contributed by atoms with van der Waals surface area (Å²) in [5, 5.41) is -0.190. The summed E-state index contributed by atoms with van der Waals surface area (Å²) in [4.78, 5) is 0. The SMILES string of the molecule is CN(C(C)(C)CCl)S(=O)(=O)C1CCCC1. The van der Waals surface area contributed by atoms with Crippen LogP contribution in [0, 0.1) is 0 Å². The minimum Gasteiger partial charge on any atom is -0.212 e. The van der Waals surface area contributed by atoms with Crippen LogP contribution in [0.2, 0.25) is 0 Å². The number of hydrogen-bond donors (Lipinski definition) is 0. The van der Waals surface area contributed by atoms with Crippen molar-refractivity contribution in [3.63, 3.8) is 0 Å². The predicted octanol–water partition coefficient (Wildman–Crippen LogP) is 2.21. The van der Waals surface area contributed by atoms with Crippen molar-refractivity contribution in [2.75, 3.05) is 12.9 Å². The fraction of sp³-hybridized carbons (Fsp3) is 1.00. The lowest BCUT2D eigenvalue weighted by Crippen LogP contribution is -2.49. The largest absolute Gasteiger partial charge is 0.217 e. The van der Waals surface area contributed by atoms with Crippen LogP contribution in [0.1, 0.15) is 39.5 Å². The zero-order valence-electron chi connectivity index (χ0n) is 9.66. The van der Waals surface area contributed by atoms with Crippen molar-refractivity contribution in [2.45, 2.75) is 50.3 Å². The molecule has 0 heterocycles. The van der Waals surface area contributed by atoms with Gasteiger partial charge in [0.25, 0.3) is 0 Å². The minimum atomic E-state index is -3.16. The highest BCUT2D eigenvalue weighted by Crippen LogP contribution is 2.30. The van der Waals surface area contributed by atoms with Gasteiger partial charge in [-0.2, -0.15) is 4.31 Å². The van der Waals surface area contributed by atoms with Gasteiger partial charge < -0.3 is 0 Å². The zero-order chi connectivity index (χ0) is 11.7. The standard InChI is InChI=1S/C10H20ClNO2S/c1-10(2,8-11)12(3)15(13,14)9-6-4-5-7-9/h9H,4-8H2,1-3H3. The average molecular weight is 254 g/mol. The Hall–Kier alpha value is 0.200. The molecule has 0 radical (unpaired) electrons. The molecule has 0 N–H and O–H groups in total. The van der Waals surface area contributed by atoms with Gasteiger partial charge in [0.2, 0.25) is 10.0 Å². The topological polar surface area (TPSA) is 37.4 Å². The predicted molar refractivity (Wildman–Crippen MR) is 63.7 cm³/mol. The van der Waals surface area contributed by atoms with Crippen molar-refractivity contribution in [1.82, 2.24) is 4.31 Å². The van der Waals surface area contributed by atoms with E-state index in [1.807, 2.05) is 13.8 Å². The lowest BCUT2D eigenvalue weighted by Gasteiger charge is -2.34. The zero-order valence-corrected chi connectivity index (χ0v) is 11.2. The third-order valence-electron chi connectivity index (χ3n) is 3.28. The van der Waals surface area contributed by atoms with Gasteiger partial charge in [-0.25, -0.2) is 8.42 Å². The number of hydrogen-bond acceptors (Lipinski definition) is 2. The molecule has 15 heavy (non-hydrogen) atoms. The van der Waals surface area contributed by atoms with Crippen LogP contribution < -0.4 is 0 Å². The molecule has 0 aromatic carbocycles. The maximum Gasteiger partial charge on any atom is 0.217 e. The van der Waals surface area contributed by atoms with E-state index >= 15 is 0 Å². The van der Waals surface area contributed by atoms with E-state index in [1.165, 1.54) is 4.31 Å². The van der Waals surface area contributed by atoms with Gasteiger partial charge in [0, 0.05) is 18.5 Å². The molecule has 0 aliphatic heterocycles. The number of nitrogens with zero attached hydrogens (tertiary/aromatic N) is 1. The Kier molecular flexibility index (Phi) is 4.07. The fourth-order valence-electron chi connectivity index (χ4n) is 1.84. The molecule has 5 heteroatoms. The molecule has 0 aromatic heterocycles. The van der Waals surface area contributed by atoms with Crippen LogP contribution in [0.5, 0.6) is 0 Å². The van der Waals surface area contributed by atoms with E-state index in [1.54, 1.807) is 7.05 Å². The first-order valence-corrected chi connectivity index (χ1v) is 7.40. The molecule has 3 nitrogen and oxygen atoms in total. The molecule has 1 aliphatic carbocycles. The van der Waals surface area contributed by atoms with Gasteiger partial charge in [0.1, 0.15) is 0 Å². The Labute approximate surface area is 97.8 Å². The monoisotopic (exact) mass is 253 g/mol. The van der Waals surface area contributed by atoms with Crippen LogP contribution in [-0.4, -0.2) is 36.4 Å². The summed E-state index contributed by atoms with van der Waals surface area (Å²) in [6.07, 6.45) is 3.65. The fourth-order valence-corrected chi connectivity index (χ4v) is 4.22. The smallest absolute Gasteiger partial charge is 0.212 e. The third-order valence-corrected chi connectivity index (χ3v) is 6.51. The van der Waals surface area contributed by atoms with E-state index in [-0.39, 0.29) is 5.25 Å². The van der Waals surface area contributed by atoms with Crippen molar-refractivity contribution < 1.29 is 8.42 Å². The van der Waals surface area contributed by atoms with Gasteiger partial charge in [0.15, 0.2) is 0 Å². The molecule has 0 unspecified atom stereocenters. The first kappa shape index (κ1) is 13.3. The van der Waals surface area contributed by atoms with E-state index in [0.29, 0.717) is 5.88 Å². The van der Waals surface area contributed by atoms with Gasteiger partial charge >= 0.3 is 0 Å². The highest BCUT2D eigenvalue weighted by atomic mass is 35.5. The van der Waals surface area contributed by atoms with Crippen molar-refractivity contribution in [1.29, 1.82) is 0 Å². The van der Waals surface area contributed by atoms with Crippen LogP contribution in [0.15, 0.2) is 0 Å². The molecular weight excluding hydrogens is 234 g/mol. The highest BCUT2D eigenvalue weighted by Gasteiger charge is 2.38. The molecule has 0 saturated heterocycles. The molecule has 1 rings (SSSR count). The summed E-state index contributed by atoms with van der Waals surface area (Å²) in [6, 6.07) is 0. The van der Waals surface area contributed by atoms with Gasteiger partial charge in [0.05, 0.1) is 5.25 Å². The van der Waals surface area contributed by atoms with Crippen molar-refractivity contribution in [3.05, 3.63) is 0 Å². The summed E-state index contributed by atoms with van der Waals surface area (Å²) in [5.74, 6) is 0.315. The summed E-state index contributed by atoms with van der Waals surface area (Å²) < 4.78 is 25.9. The molecule has 1 saturated carbocycles. The van der Waals surface area contributed by atoms with Crippen LogP contribution >= 0.6 is 11.6 Å². The van der Waals surface area contributed by atoms with Gasteiger partial charge in [-0.05, 0) is 26.7 Å². The number of halogens is 1. The average Bonchev–Trinajstić information content (AvgIpc) is 2.69. The van der Waals surface area contributed by atoms with Crippen LogP contribution in [0.25, 0.3) is 0 Å². The summed E-state index contributed by atoms with van der Waals surface area (Å²) >= 11 is 5.79. The van der Waals surface area contributed by atoms with Crippen molar-refractivity contribution in [2.24, 2.45) is 0 Å². The van der Waals surface area contributed by atoms with E-state index in [2.05, 4.69) is 0 Å². The van der Waals surface area contributed by atoms with E-state index in [9.17, 15) is 8.42 Å². The molecule has 0 atom stereocenters. The van der Waals surface area contributed by atoms with E-state index in [0.717, 1.165) is 25.7 Å². The summed E-state index contributed by atoms with van der Waals surface area (Å²) in [7, 11) is -1.52. The second-order valence-electron chi connectivity index (χ2n) is 4.86. The van der Waals surface area contributed by atoms with Gasteiger partial charge in [-0.15, -0.1) is 11.6 Å². The Morgan fingerprint density at radius 1 is 1.33 bits per heavy atom. The van der Waals surface area contributed by atoms with E-state index in [4.69, 9.17) is 11.6 Å². The van der Waals surface area contributed by atoms with Crippen LogP contribution in [0.4, 0.5) is 0 Å². The first-order chi connectivity index (χ1) is 6.82. The lowest BCUT2D eigenvalue weighted by molar-refractivity contribution is 0.292. The molecule has 0 bridgehead atoms. The van der Waals surface area contributed by atoms with Crippen LogP contribution in [-0.2, 0) is 10.0 Å². The molecule has 0 aromatic rings. The number of sulfonamides is 1. The molecule has 1 aliphatic rings. The normalized spacial score (nSPS) is 20.1. The van der Waals surface area contributed by atoms with Crippen molar-refractivity contribution in [3.8, 4) is 0 Å². The summed E-state index contributed by atoms with van der Waals surface area (Å²) in [6.45, 7) is 3.71. The molecule has 90 valence electrons. The minimum absolute atomic E-state index is 0.190. The second kappa shape index (κ2) is 4.60. The Morgan fingerprint density at radius 2 is 1.80 bits per heavy atom. The summed E-state index contributed by atoms with van der Waals surface area (Å²) in [5.41, 5.74) is -0.497. The molecule has 0 amide bonds. The van der Waals surface area contributed by atoms with Crippen molar-refractivity contribution >= 4 is 21.6 Å². The Morgan fingerprint density at radius 3 is 2.20 bits per heavy atom. The van der Waals surface area contributed by atoms with Gasteiger partial charge in [-0.1, -0.05) is 12.8 Å². The maximum absolute atomic E-state index is 12.2. The Bertz CT molecular complexity index is 307. The molecule has 1 fully saturated rings. The molecular formula is C10H20ClNO2S. The van der Waals surface area contributed by atoms with Crippen LogP contribution in [0.3, 0.4) is 0 Å². The number of rotatable bonds is 4. The lowest BCUT2D eigenvalue weighted by atomic mass is 10.1. The third kappa shape index (κ3) is 2.66. The molecule has 0 spiro atoms. The first-order valence-electron chi connectivity index (χ1n) is 5.36. The Balaban J connectivity index is 2.85. The van der Waals surface area contributed by atoms with Gasteiger partial charge in [-0.3, -0.25) is 0 Å².